The number of methoxy groups -OCH3 is 2. The van der Waals surface area contributed by atoms with Gasteiger partial charge in [0.05, 0.1) is 24.8 Å². The highest BCUT2D eigenvalue weighted by Gasteiger charge is 2.29. The van der Waals surface area contributed by atoms with Crippen LogP contribution in [0.1, 0.15) is 33.3 Å². The van der Waals surface area contributed by atoms with Gasteiger partial charge >= 0.3 is 0 Å². The minimum Gasteiger partial charge on any atom is -0.493 e. The second-order valence-corrected chi connectivity index (χ2v) is 10.3. The van der Waals surface area contributed by atoms with Crippen LogP contribution in [-0.4, -0.2) is 41.1 Å². The zero-order valence-electron chi connectivity index (χ0n) is 19.9. The quantitative estimate of drug-likeness (QED) is 0.577. The molecule has 0 fully saturated rings. The summed E-state index contributed by atoms with van der Waals surface area (Å²) in [6.45, 7) is 9.63. The van der Waals surface area contributed by atoms with Crippen molar-refractivity contribution in [1.82, 2.24) is 5.32 Å². The fourth-order valence-corrected chi connectivity index (χ4v) is 5.01. The maximum atomic E-state index is 13.6. The molecule has 2 rings (SSSR count). The van der Waals surface area contributed by atoms with Gasteiger partial charge < -0.3 is 14.8 Å². The molecular formula is C24H34N2O5S. The van der Waals surface area contributed by atoms with Crippen LogP contribution in [0.15, 0.2) is 47.4 Å². The van der Waals surface area contributed by atoms with E-state index in [0.717, 1.165) is 9.87 Å². The number of hydrogen-bond acceptors (Lipinski definition) is 5. The van der Waals surface area contributed by atoms with E-state index in [4.69, 9.17) is 9.47 Å². The molecule has 7 nitrogen and oxygen atoms in total. The first-order chi connectivity index (χ1) is 15.0. The number of ether oxygens (including phenoxy) is 2. The van der Waals surface area contributed by atoms with Gasteiger partial charge in [-0.15, -0.1) is 0 Å². The first-order valence-corrected chi connectivity index (χ1v) is 12.1. The fourth-order valence-electron chi connectivity index (χ4n) is 3.60. The third-order valence-electron chi connectivity index (χ3n) is 5.32. The van der Waals surface area contributed by atoms with Crippen LogP contribution in [0.2, 0.25) is 0 Å². The lowest BCUT2D eigenvalue weighted by atomic mass is 9.93. The summed E-state index contributed by atoms with van der Waals surface area (Å²) in [5, 5.41) is 3.00. The summed E-state index contributed by atoms with van der Waals surface area (Å²) in [6.07, 6.45) is 0. The van der Waals surface area contributed by atoms with Crippen LogP contribution in [0.25, 0.3) is 0 Å². The molecule has 2 aromatic carbocycles. The van der Waals surface area contributed by atoms with Gasteiger partial charge in [0.1, 0.15) is 6.54 Å². The van der Waals surface area contributed by atoms with Crippen LogP contribution in [0.3, 0.4) is 0 Å². The monoisotopic (exact) mass is 462 g/mol. The molecule has 2 aromatic rings. The largest absolute Gasteiger partial charge is 0.493 e. The Morgan fingerprint density at radius 3 is 2.00 bits per heavy atom. The van der Waals surface area contributed by atoms with Gasteiger partial charge in [-0.05, 0) is 43.0 Å². The maximum Gasteiger partial charge on any atom is 0.264 e. The van der Waals surface area contributed by atoms with Gasteiger partial charge in [-0.1, -0.05) is 45.4 Å². The van der Waals surface area contributed by atoms with Crippen molar-refractivity contribution in [2.24, 2.45) is 11.8 Å². The molecule has 1 N–H and O–H groups in total. The summed E-state index contributed by atoms with van der Waals surface area (Å²) < 4.78 is 38.8. The second kappa shape index (κ2) is 10.7. The molecule has 0 aromatic heterocycles. The first kappa shape index (κ1) is 25.5. The topological polar surface area (TPSA) is 84.9 Å². The van der Waals surface area contributed by atoms with Crippen molar-refractivity contribution in [3.63, 3.8) is 0 Å². The molecule has 0 aliphatic heterocycles. The molecule has 176 valence electrons. The Morgan fingerprint density at radius 2 is 1.50 bits per heavy atom. The molecule has 0 bridgehead atoms. The van der Waals surface area contributed by atoms with Crippen LogP contribution in [0.4, 0.5) is 5.69 Å². The summed E-state index contributed by atoms with van der Waals surface area (Å²) >= 11 is 0. The van der Waals surface area contributed by atoms with E-state index in [0.29, 0.717) is 17.2 Å². The van der Waals surface area contributed by atoms with Crippen LogP contribution in [0, 0.1) is 18.8 Å². The van der Waals surface area contributed by atoms with E-state index in [1.165, 1.54) is 14.2 Å². The van der Waals surface area contributed by atoms with Gasteiger partial charge in [-0.25, -0.2) is 8.42 Å². The number of carbonyl (C=O) groups excluding carboxylic acids is 1. The third kappa shape index (κ3) is 5.94. The third-order valence-corrected chi connectivity index (χ3v) is 7.10. The molecule has 0 aliphatic rings. The molecule has 0 heterocycles. The van der Waals surface area contributed by atoms with Gasteiger partial charge in [0.15, 0.2) is 11.5 Å². The second-order valence-electron chi connectivity index (χ2n) is 8.45. The number of aryl methyl sites for hydroxylation is 1. The highest BCUT2D eigenvalue weighted by atomic mass is 32.2. The van der Waals surface area contributed by atoms with Crippen molar-refractivity contribution in [2.75, 3.05) is 25.1 Å². The number of rotatable bonds is 10. The Labute approximate surface area is 191 Å². The molecule has 1 amide bonds. The Bertz CT molecular complexity index is 1010. The number of carbonyl (C=O) groups is 1. The van der Waals surface area contributed by atoms with Crippen LogP contribution < -0.4 is 19.1 Å². The van der Waals surface area contributed by atoms with Crippen molar-refractivity contribution in [3.8, 4) is 11.5 Å². The Morgan fingerprint density at radius 1 is 0.938 bits per heavy atom. The van der Waals surface area contributed by atoms with Crippen molar-refractivity contribution in [3.05, 3.63) is 48.0 Å². The Kier molecular flexibility index (Phi) is 8.55. The summed E-state index contributed by atoms with van der Waals surface area (Å²) in [7, 11) is -1.03. The lowest BCUT2D eigenvalue weighted by Crippen LogP contribution is -2.47. The predicted molar refractivity (Wildman–Crippen MR) is 127 cm³/mol. The minimum atomic E-state index is -4.01. The molecule has 32 heavy (non-hydrogen) atoms. The molecule has 0 spiro atoms. The number of nitrogens with one attached hydrogen (secondary N) is 1. The smallest absolute Gasteiger partial charge is 0.264 e. The van der Waals surface area contributed by atoms with E-state index in [-0.39, 0.29) is 35.2 Å². The molecule has 0 radical (unpaired) electrons. The average molecular weight is 463 g/mol. The van der Waals surface area contributed by atoms with Gasteiger partial charge in [0.25, 0.3) is 10.0 Å². The van der Waals surface area contributed by atoms with Crippen LogP contribution in [0.5, 0.6) is 11.5 Å². The summed E-state index contributed by atoms with van der Waals surface area (Å²) in [5.41, 5.74) is 1.25. The number of sulfonamides is 1. The Hall–Kier alpha value is -2.74. The molecule has 0 aliphatic carbocycles. The minimum absolute atomic E-state index is 0.0724. The number of anilines is 1. The highest BCUT2D eigenvalue weighted by molar-refractivity contribution is 7.92. The SMILES string of the molecule is COc1ccc(N(CC(=O)NC(C(C)C)C(C)C)S(=O)(=O)c2ccc(C)cc2)cc1OC. The lowest BCUT2D eigenvalue weighted by molar-refractivity contribution is -0.121. The molecule has 0 saturated carbocycles. The van der Waals surface area contributed by atoms with E-state index in [9.17, 15) is 13.2 Å². The zero-order valence-corrected chi connectivity index (χ0v) is 20.7. The first-order valence-electron chi connectivity index (χ1n) is 10.6. The number of nitrogens with zero attached hydrogens (tertiary/aromatic N) is 1. The summed E-state index contributed by atoms with van der Waals surface area (Å²) in [6, 6.07) is 11.2. The zero-order chi connectivity index (χ0) is 24.1. The standard InChI is InChI=1S/C24H34N2O5S/c1-16(2)24(17(3)4)25-23(27)15-26(19-10-13-21(30-6)22(14-19)31-7)32(28,29)20-11-8-18(5)9-12-20/h8-14,16-17,24H,15H2,1-7H3,(H,25,27). The van der Waals surface area contributed by atoms with Gasteiger partial charge in [-0.3, -0.25) is 9.10 Å². The van der Waals surface area contributed by atoms with Crippen molar-refractivity contribution in [2.45, 2.75) is 45.6 Å². The van der Waals surface area contributed by atoms with Gasteiger partial charge in [0.2, 0.25) is 5.91 Å². The van der Waals surface area contributed by atoms with Crippen LogP contribution >= 0.6 is 0 Å². The van der Waals surface area contributed by atoms with Crippen LogP contribution in [-0.2, 0) is 14.8 Å². The van der Waals surface area contributed by atoms with E-state index < -0.39 is 10.0 Å². The van der Waals surface area contributed by atoms with E-state index in [1.807, 2.05) is 34.6 Å². The predicted octanol–water partition coefficient (Wildman–Crippen LogP) is 4.00. The summed E-state index contributed by atoms with van der Waals surface area (Å²) in [5.74, 6) is 0.886. The summed E-state index contributed by atoms with van der Waals surface area (Å²) in [4.78, 5) is 13.1. The normalized spacial score (nSPS) is 11.7. The van der Waals surface area contributed by atoms with Crippen molar-refractivity contribution in [1.29, 1.82) is 0 Å². The van der Waals surface area contributed by atoms with Crippen molar-refractivity contribution >= 4 is 21.6 Å². The molecule has 8 heteroatoms. The molecule has 0 saturated heterocycles. The molecular weight excluding hydrogens is 428 g/mol. The van der Waals surface area contributed by atoms with Gasteiger partial charge in [0, 0.05) is 12.1 Å². The fraction of sp³-hybridized carbons (Fsp3) is 0.458. The van der Waals surface area contributed by atoms with E-state index >= 15 is 0 Å². The van der Waals surface area contributed by atoms with E-state index in [2.05, 4.69) is 5.32 Å². The van der Waals surface area contributed by atoms with E-state index in [1.54, 1.807) is 42.5 Å². The molecule has 0 unspecified atom stereocenters. The number of hydrogen-bond donors (Lipinski definition) is 1. The van der Waals surface area contributed by atoms with Gasteiger partial charge in [-0.2, -0.15) is 0 Å². The van der Waals surface area contributed by atoms with Crippen molar-refractivity contribution < 1.29 is 22.7 Å². The number of amides is 1. The molecule has 0 atom stereocenters. The number of benzene rings is 2. The maximum absolute atomic E-state index is 13.6. The highest BCUT2D eigenvalue weighted by Crippen LogP contribution is 2.33. The Balaban J connectivity index is 2.50. The average Bonchev–Trinajstić information content (AvgIpc) is 2.75. The lowest BCUT2D eigenvalue weighted by Gasteiger charge is -2.29.